The molecule has 0 fully saturated rings. The Balaban J connectivity index is 2.93. The van der Waals surface area contributed by atoms with E-state index < -0.39 is 0 Å². The topological polar surface area (TPSA) is 24.9 Å². The highest BCUT2D eigenvalue weighted by atomic mass is 14.9. The second-order valence-electron chi connectivity index (χ2n) is 2.73. The van der Waals surface area contributed by atoms with Gasteiger partial charge in [-0.25, -0.2) is 0 Å². The van der Waals surface area contributed by atoms with E-state index in [0.29, 0.717) is 6.04 Å². The van der Waals surface area contributed by atoms with Crippen LogP contribution in [-0.4, -0.2) is 12.0 Å². The molecule has 1 aromatic heterocycles. The predicted molar refractivity (Wildman–Crippen MR) is 51.8 cm³/mol. The van der Waals surface area contributed by atoms with E-state index in [0.717, 1.165) is 5.69 Å². The van der Waals surface area contributed by atoms with Gasteiger partial charge in [-0.1, -0.05) is 6.58 Å². The number of nitrogens with one attached hydrogen (secondary N) is 1. The molecule has 0 spiro atoms. The zero-order valence-corrected chi connectivity index (χ0v) is 7.54. The first-order valence-electron chi connectivity index (χ1n) is 4.03. The molecule has 0 amide bonds. The minimum Gasteiger partial charge on any atom is -0.313 e. The fraction of sp³-hybridized carbons (Fsp3) is 0.300. The van der Waals surface area contributed by atoms with Gasteiger partial charge in [0.1, 0.15) is 0 Å². The van der Waals surface area contributed by atoms with Crippen LogP contribution in [0.5, 0.6) is 0 Å². The van der Waals surface area contributed by atoms with Crippen LogP contribution in [0, 0.1) is 0 Å². The van der Waals surface area contributed by atoms with Crippen LogP contribution in [0.3, 0.4) is 0 Å². The molecule has 0 aliphatic carbocycles. The molecule has 1 N–H and O–H groups in total. The molecule has 0 radical (unpaired) electrons. The van der Waals surface area contributed by atoms with Crippen molar-refractivity contribution in [1.29, 1.82) is 0 Å². The third-order valence-corrected chi connectivity index (χ3v) is 1.95. The lowest BCUT2D eigenvalue weighted by Gasteiger charge is -2.09. The first kappa shape index (κ1) is 8.94. The summed E-state index contributed by atoms with van der Waals surface area (Å²) in [6.45, 7) is 5.79. The minimum atomic E-state index is 0.367. The van der Waals surface area contributed by atoms with Crippen molar-refractivity contribution in [1.82, 2.24) is 10.3 Å². The van der Waals surface area contributed by atoms with Crippen molar-refractivity contribution in [2.75, 3.05) is 7.05 Å². The van der Waals surface area contributed by atoms with Crippen molar-refractivity contribution in [2.45, 2.75) is 13.0 Å². The molecule has 12 heavy (non-hydrogen) atoms. The molecule has 0 bridgehead atoms. The van der Waals surface area contributed by atoms with Crippen molar-refractivity contribution < 1.29 is 0 Å². The van der Waals surface area contributed by atoms with Crippen LogP contribution in [0.4, 0.5) is 0 Å². The molecule has 1 heterocycles. The van der Waals surface area contributed by atoms with Crippen LogP contribution in [0.1, 0.15) is 24.2 Å². The molecular weight excluding hydrogens is 148 g/mol. The lowest BCUT2D eigenvalue weighted by Crippen LogP contribution is -2.12. The number of nitrogens with zero attached hydrogens (tertiary/aromatic N) is 1. The summed E-state index contributed by atoms with van der Waals surface area (Å²) in [5.41, 5.74) is 2.16. The quantitative estimate of drug-likeness (QED) is 0.735. The summed E-state index contributed by atoms with van der Waals surface area (Å²) in [7, 11) is 1.94. The van der Waals surface area contributed by atoms with Crippen LogP contribution in [0.25, 0.3) is 6.08 Å². The molecule has 0 unspecified atom stereocenters. The molecule has 1 rings (SSSR count). The van der Waals surface area contributed by atoms with E-state index in [4.69, 9.17) is 0 Å². The van der Waals surface area contributed by atoms with E-state index in [-0.39, 0.29) is 0 Å². The maximum Gasteiger partial charge on any atom is 0.0627 e. The van der Waals surface area contributed by atoms with Gasteiger partial charge in [0.05, 0.1) is 5.69 Å². The zero-order valence-electron chi connectivity index (χ0n) is 7.54. The maximum absolute atomic E-state index is 4.13. The Kier molecular flexibility index (Phi) is 3.00. The average Bonchev–Trinajstić information content (AvgIpc) is 2.17. The molecule has 0 aromatic carbocycles. The van der Waals surface area contributed by atoms with E-state index in [1.54, 1.807) is 12.3 Å². The van der Waals surface area contributed by atoms with Crippen LogP contribution in [-0.2, 0) is 0 Å². The molecule has 1 aromatic rings. The fourth-order valence-electron chi connectivity index (χ4n) is 1.01. The van der Waals surface area contributed by atoms with Crippen LogP contribution < -0.4 is 5.32 Å². The Labute approximate surface area is 73.3 Å². The highest BCUT2D eigenvalue weighted by molar-refractivity contribution is 5.42. The lowest BCUT2D eigenvalue weighted by molar-refractivity contribution is 0.651. The average molecular weight is 162 g/mol. The van der Waals surface area contributed by atoms with E-state index in [1.807, 2.05) is 19.2 Å². The van der Waals surface area contributed by atoms with Gasteiger partial charge in [-0.2, -0.15) is 0 Å². The van der Waals surface area contributed by atoms with Crippen molar-refractivity contribution in [3.8, 4) is 0 Å². The number of pyridine rings is 1. The number of hydrogen-bond acceptors (Lipinski definition) is 2. The van der Waals surface area contributed by atoms with E-state index >= 15 is 0 Å². The second-order valence-corrected chi connectivity index (χ2v) is 2.73. The normalized spacial score (nSPS) is 12.5. The van der Waals surface area contributed by atoms with Gasteiger partial charge in [0, 0.05) is 12.2 Å². The summed E-state index contributed by atoms with van der Waals surface area (Å²) in [4.78, 5) is 4.13. The van der Waals surface area contributed by atoms with Crippen LogP contribution in [0.2, 0.25) is 0 Å². The molecule has 0 aliphatic heterocycles. The lowest BCUT2D eigenvalue weighted by atomic mass is 10.1. The summed E-state index contributed by atoms with van der Waals surface area (Å²) >= 11 is 0. The zero-order chi connectivity index (χ0) is 8.97. The van der Waals surface area contributed by atoms with Crippen molar-refractivity contribution in [3.63, 3.8) is 0 Å². The number of aromatic nitrogens is 1. The molecule has 2 heteroatoms. The maximum atomic E-state index is 4.13. The van der Waals surface area contributed by atoms with Gasteiger partial charge in [-0.05, 0) is 37.7 Å². The summed E-state index contributed by atoms with van der Waals surface area (Å²) in [5, 5.41) is 3.17. The summed E-state index contributed by atoms with van der Waals surface area (Å²) in [5.74, 6) is 0. The molecule has 2 nitrogen and oxygen atoms in total. The summed E-state index contributed by atoms with van der Waals surface area (Å²) in [6, 6.07) is 4.41. The van der Waals surface area contributed by atoms with Crippen molar-refractivity contribution in [2.24, 2.45) is 0 Å². The Morgan fingerprint density at radius 3 is 3.00 bits per heavy atom. The Morgan fingerprint density at radius 1 is 1.67 bits per heavy atom. The van der Waals surface area contributed by atoms with E-state index in [1.165, 1.54) is 5.56 Å². The molecule has 64 valence electrons. The van der Waals surface area contributed by atoms with Gasteiger partial charge in [-0.15, -0.1) is 0 Å². The SMILES string of the molecule is C=Cc1cc([C@H](C)NC)ccn1. The third kappa shape index (κ3) is 1.92. The number of rotatable bonds is 3. The highest BCUT2D eigenvalue weighted by Gasteiger charge is 2.01. The van der Waals surface area contributed by atoms with Crippen LogP contribution in [0.15, 0.2) is 24.9 Å². The van der Waals surface area contributed by atoms with E-state index in [9.17, 15) is 0 Å². The molecule has 0 saturated carbocycles. The minimum absolute atomic E-state index is 0.367. The fourth-order valence-corrected chi connectivity index (χ4v) is 1.01. The first-order valence-corrected chi connectivity index (χ1v) is 4.03. The Hall–Kier alpha value is -1.15. The van der Waals surface area contributed by atoms with Crippen LogP contribution >= 0.6 is 0 Å². The summed E-state index contributed by atoms with van der Waals surface area (Å²) in [6.07, 6.45) is 3.56. The number of hydrogen-bond donors (Lipinski definition) is 1. The van der Waals surface area contributed by atoms with E-state index in [2.05, 4.69) is 23.8 Å². The Bertz CT molecular complexity index is 268. The van der Waals surface area contributed by atoms with Gasteiger partial charge in [-0.3, -0.25) is 4.98 Å². The molecular formula is C10H14N2. The Morgan fingerprint density at radius 2 is 2.42 bits per heavy atom. The monoisotopic (exact) mass is 162 g/mol. The summed E-state index contributed by atoms with van der Waals surface area (Å²) < 4.78 is 0. The van der Waals surface area contributed by atoms with Gasteiger partial charge in [0.25, 0.3) is 0 Å². The standard InChI is InChI=1S/C10H14N2/c1-4-10-7-9(5-6-12-10)8(2)11-3/h4-8,11H,1H2,2-3H3/t8-/m0/s1. The van der Waals surface area contributed by atoms with Crippen molar-refractivity contribution in [3.05, 3.63) is 36.2 Å². The van der Waals surface area contributed by atoms with Gasteiger partial charge >= 0.3 is 0 Å². The predicted octanol–water partition coefficient (Wildman–Crippen LogP) is 2.00. The third-order valence-electron chi connectivity index (χ3n) is 1.95. The molecule has 0 saturated heterocycles. The van der Waals surface area contributed by atoms with Gasteiger partial charge in [0.2, 0.25) is 0 Å². The van der Waals surface area contributed by atoms with Gasteiger partial charge in [0.15, 0.2) is 0 Å². The largest absolute Gasteiger partial charge is 0.313 e. The smallest absolute Gasteiger partial charge is 0.0627 e. The van der Waals surface area contributed by atoms with Gasteiger partial charge < -0.3 is 5.32 Å². The first-order chi connectivity index (χ1) is 5.77. The highest BCUT2D eigenvalue weighted by Crippen LogP contribution is 2.11. The molecule has 0 aliphatic rings. The molecule has 1 atom stereocenters. The second kappa shape index (κ2) is 4.02. The van der Waals surface area contributed by atoms with Crippen molar-refractivity contribution >= 4 is 6.08 Å².